The molecule has 2 N–H and O–H groups in total. The number of hydrogen-bond acceptors (Lipinski definition) is 3. The van der Waals surface area contributed by atoms with E-state index in [4.69, 9.17) is 11.6 Å². The summed E-state index contributed by atoms with van der Waals surface area (Å²) in [6, 6.07) is 11.7. The minimum absolute atomic E-state index is 0.110. The average Bonchev–Trinajstić information content (AvgIpc) is 2.48. The Morgan fingerprint density at radius 2 is 1.76 bits per heavy atom. The number of nitrogens with one attached hydrogen (secondary N) is 1. The van der Waals surface area contributed by atoms with E-state index < -0.39 is 5.97 Å². The van der Waals surface area contributed by atoms with Gasteiger partial charge in [-0.3, -0.25) is 4.79 Å². The Labute approximate surface area is 131 Å². The van der Waals surface area contributed by atoms with E-state index in [1.54, 1.807) is 43.4 Å². The fraction of sp³-hybridized carbons (Fsp3) is 0.0667. The Morgan fingerprint density at radius 3 is 2.43 bits per heavy atom. The summed E-state index contributed by atoms with van der Waals surface area (Å²) >= 11 is 7.05. The molecule has 0 aliphatic heterocycles. The highest BCUT2D eigenvalue weighted by Gasteiger charge is 2.15. The molecule has 0 saturated carbocycles. The van der Waals surface area contributed by atoms with Crippen LogP contribution in [0.1, 0.15) is 20.7 Å². The highest BCUT2D eigenvalue weighted by Crippen LogP contribution is 2.34. The molecule has 0 unspecified atom stereocenters. The van der Waals surface area contributed by atoms with Crippen LogP contribution in [0, 0.1) is 0 Å². The minimum Gasteiger partial charge on any atom is -0.478 e. The highest BCUT2D eigenvalue weighted by molar-refractivity contribution is 7.99. The van der Waals surface area contributed by atoms with Crippen molar-refractivity contribution in [3.05, 3.63) is 58.6 Å². The van der Waals surface area contributed by atoms with Gasteiger partial charge in [-0.05, 0) is 30.3 Å². The summed E-state index contributed by atoms with van der Waals surface area (Å²) in [5.74, 6) is -1.28. The summed E-state index contributed by atoms with van der Waals surface area (Å²) in [5, 5.41) is 12.2. The number of carbonyl (C=O) groups excluding carboxylic acids is 1. The lowest BCUT2D eigenvalue weighted by Gasteiger charge is -2.10. The number of carboxylic acid groups (broad SMARTS) is 1. The largest absolute Gasteiger partial charge is 0.478 e. The van der Waals surface area contributed by atoms with Gasteiger partial charge in [0, 0.05) is 21.9 Å². The fourth-order valence-electron chi connectivity index (χ4n) is 1.75. The van der Waals surface area contributed by atoms with Gasteiger partial charge in [0.15, 0.2) is 0 Å². The molecule has 4 nitrogen and oxygen atoms in total. The number of halogens is 1. The Morgan fingerprint density at radius 1 is 1.10 bits per heavy atom. The molecule has 0 aliphatic carbocycles. The molecule has 2 aromatic rings. The van der Waals surface area contributed by atoms with Crippen LogP contribution < -0.4 is 5.32 Å². The second kappa shape index (κ2) is 6.65. The molecule has 0 bridgehead atoms. The molecule has 0 heterocycles. The van der Waals surface area contributed by atoms with Crippen LogP contribution in [0.25, 0.3) is 0 Å². The van der Waals surface area contributed by atoms with E-state index in [9.17, 15) is 14.7 Å². The van der Waals surface area contributed by atoms with Crippen LogP contribution in [-0.2, 0) is 0 Å². The van der Waals surface area contributed by atoms with Crippen molar-refractivity contribution in [1.29, 1.82) is 0 Å². The van der Waals surface area contributed by atoms with E-state index in [-0.39, 0.29) is 11.5 Å². The predicted octanol–water partition coefficient (Wildman–Crippen LogP) is 3.55. The second-order valence-corrected chi connectivity index (χ2v) is 5.64. The number of rotatable bonds is 4. The molecule has 21 heavy (non-hydrogen) atoms. The first-order valence-corrected chi connectivity index (χ1v) is 7.24. The quantitative estimate of drug-likeness (QED) is 0.903. The zero-order chi connectivity index (χ0) is 15.4. The topological polar surface area (TPSA) is 66.4 Å². The van der Waals surface area contributed by atoms with Gasteiger partial charge < -0.3 is 10.4 Å². The summed E-state index contributed by atoms with van der Waals surface area (Å²) in [6.07, 6.45) is 0. The van der Waals surface area contributed by atoms with Gasteiger partial charge in [0.25, 0.3) is 5.91 Å². The van der Waals surface area contributed by atoms with E-state index in [2.05, 4.69) is 5.32 Å². The van der Waals surface area contributed by atoms with E-state index in [0.29, 0.717) is 20.4 Å². The standard InChI is InChI=1S/C15H12ClNO3S/c1-17-14(18)10-4-2-3-5-12(10)21-13-7-6-9(16)8-11(13)15(19)20/h2-8H,1H3,(H,17,18)(H,19,20). The van der Waals surface area contributed by atoms with Crippen molar-refractivity contribution in [2.45, 2.75) is 9.79 Å². The first-order valence-electron chi connectivity index (χ1n) is 6.04. The van der Waals surface area contributed by atoms with Crippen LogP contribution in [0.3, 0.4) is 0 Å². The molecule has 0 saturated heterocycles. The summed E-state index contributed by atoms with van der Waals surface area (Å²) in [6.45, 7) is 0. The third-order valence-corrected chi connectivity index (χ3v) is 4.14. The molecule has 0 aromatic heterocycles. The lowest BCUT2D eigenvalue weighted by Crippen LogP contribution is -2.18. The van der Waals surface area contributed by atoms with Crippen molar-refractivity contribution in [2.24, 2.45) is 0 Å². The fourth-order valence-corrected chi connectivity index (χ4v) is 2.97. The van der Waals surface area contributed by atoms with E-state index in [1.165, 1.54) is 17.8 Å². The summed E-state index contributed by atoms with van der Waals surface area (Å²) in [4.78, 5) is 24.3. The molecule has 108 valence electrons. The third kappa shape index (κ3) is 3.56. The molecular weight excluding hydrogens is 310 g/mol. The monoisotopic (exact) mass is 321 g/mol. The van der Waals surface area contributed by atoms with Gasteiger partial charge in [-0.25, -0.2) is 4.79 Å². The molecule has 0 atom stereocenters. The van der Waals surface area contributed by atoms with Crippen LogP contribution in [0.2, 0.25) is 5.02 Å². The minimum atomic E-state index is -1.06. The maximum Gasteiger partial charge on any atom is 0.336 e. The average molecular weight is 322 g/mol. The Hall–Kier alpha value is -1.98. The zero-order valence-electron chi connectivity index (χ0n) is 11.1. The van der Waals surface area contributed by atoms with E-state index >= 15 is 0 Å². The van der Waals surface area contributed by atoms with Gasteiger partial charge in [0.2, 0.25) is 0 Å². The second-order valence-electron chi connectivity index (χ2n) is 4.12. The number of hydrogen-bond donors (Lipinski definition) is 2. The molecule has 0 radical (unpaired) electrons. The third-order valence-electron chi connectivity index (χ3n) is 2.75. The van der Waals surface area contributed by atoms with Crippen molar-refractivity contribution in [3.8, 4) is 0 Å². The molecule has 2 aromatic carbocycles. The Balaban J connectivity index is 2.44. The molecule has 0 fully saturated rings. The van der Waals surface area contributed by atoms with Gasteiger partial charge in [-0.2, -0.15) is 0 Å². The van der Waals surface area contributed by atoms with Crippen molar-refractivity contribution in [3.63, 3.8) is 0 Å². The lowest BCUT2D eigenvalue weighted by molar-refractivity contribution is 0.0693. The van der Waals surface area contributed by atoms with Crippen LogP contribution in [0.4, 0.5) is 0 Å². The van der Waals surface area contributed by atoms with Crippen molar-refractivity contribution in [1.82, 2.24) is 5.32 Å². The highest BCUT2D eigenvalue weighted by atomic mass is 35.5. The first-order chi connectivity index (χ1) is 10.0. The van der Waals surface area contributed by atoms with Crippen LogP contribution in [0.15, 0.2) is 52.3 Å². The van der Waals surface area contributed by atoms with E-state index in [1.807, 2.05) is 0 Å². The Bertz CT molecular complexity index is 703. The van der Waals surface area contributed by atoms with Crippen LogP contribution in [-0.4, -0.2) is 24.0 Å². The normalized spacial score (nSPS) is 10.2. The molecule has 0 aliphatic rings. The smallest absolute Gasteiger partial charge is 0.336 e. The summed E-state index contributed by atoms with van der Waals surface area (Å²) in [7, 11) is 1.55. The van der Waals surface area contributed by atoms with Gasteiger partial charge >= 0.3 is 5.97 Å². The molecule has 0 spiro atoms. The zero-order valence-corrected chi connectivity index (χ0v) is 12.7. The van der Waals surface area contributed by atoms with Crippen molar-refractivity contribution in [2.75, 3.05) is 7.05 Å². The lowest BCUT2D eigenvalue weighted by atomic mass is 10.2. The SMILES string of the molecule is CNC(=O)c1ccccc1Sc1ccc(Cl)cc1C(=O)O. The molecular formula is C15H12ClNO3S. The maximum atomic E-state index is 11.8. The van der Waals surface area contributed by atoms with Gasteiger partial charge in [-0.15, -0.1) is 0 Å². The predicted molar refractivity (Wildman–Crippen MR) is 82.4 cm³/mol. The van der Waals surface area contributed by atoms with Crippen molar-refractivity contribution < 1.29 is 14.7 Å². The van der Waals surface area contributed by atoms with Gasteiger partial charge in [0.05, 0.1) is 11.1 Å². The van der Waals surface area contributed by atoms with E-state index in [0.717, 1.165) is 0 Å². The maximum absolute atomic E-state index is 11.8. The first kappa shape index (κ1) is 15.4. The number of amides is 1. The van der Waals surface area contributed by atoms with Crippen LogP contribution in [0.5, 0.6) is 0 Å². The number of aromatic carboxylic acids is 1. The van der Waals surface area contributed by atoms with Crippen molar-refractivity contribution >= 4 is 35.2 Å². The van der Waals surface area contributed by atoms with Gasteiger partial charge in [-0.1, -0.05) is 35.5 Å². The summed E-state index contributed by atoms with van der Waals surface area (Å²) < 4.78 is 0. The molecule has 1 amide bonds. The van der Waals surface area contributed by atoms with Gasteiger partial charge in [0.1, 0.15) is 0 Å². The molecule has 6 heteroatoms. The number of carbonyl (C=O) groups is 2. The number of benzene rings is 2. The molecule has 2 rings (SSSR count). The summed E-state index contributed by atoms with van der Waals surface area (Å²) in [5.41, 5.74) is 0.607. The Kier molecular flexibility index (Phi) is 4.88. The number of carboxylic acids is 1. The van der Waals surface area contributed by atoms with Crippen LogP contribution >= 0.6 is 23.4 Å².